The first-order chi connectivity index (χ1) is 11.7. The maximum atomic E-state index is 4.51. The molecule has 1 N–H and O–H groups in total. The van der Waals surface area contributed by atoms with Crippen LogP contribution in [0.1, 0.15) is 12.1 Å². The van der Waals surface area contributed by atoms with Gasteiger partial charge in [-0.05, 0) is 25.6 Å². The van der Waals surface area contributed by atoms with Gasteiger partial charge in [0.15, 0.2) is 0 Å². The largest absolute Gasteiger partial charge is 0.368 e. The van der Waals surface area contributed by atoms with Crippen LogP contribution in [0.15, 0.2) is 37.2 Å². The van der Waals surface area contributed by atoms with Crippen molar-refractivity contribution in [2.45, 2.75) is 19.5 Å². The number of likely N-dealkylation sites (N-methyl/N-ethyl adjacent to an activating group) is 1. The Balaban J connectivity index is 1.51. The van der Waals surface area contributed by atoms with E-state index in [1.807, 2.05) is 29.2 Å². The third kappa shape index (κ3) is 4.32. The van der Waals surface area contributed by atoms with Crippen LogP contribution in [0.5, 0.6) is 0 Å². The molecule has 2 aromatic rings. The van der Waals surface area contributed by atoms with E-state index in [0.29, 0.717) is 6.54 Å². The Morgan fingerprint density at radius 2 is 2.08 bits per heavy atom. The molecule has 24 heavy (non-hydrogen) atoms. The summed E-state index contributed by atoms with van der Waals surface area (Å²) in [6.45, 7) is 9.46. The number of hydrogen-bond donors (Lipinski definition) is 1. The van der Waals surface area contributed by atoms with Crippen molar-refractivity contribution in [1.82, 2.24) is 24.9 Å². The summed E-state index contributed by atoms with van der Waals surface area (Å²) in [6, 6.07) is 4.15. The Hall–Kier alpha value is -2.41. The van der Waals surface area contributed by atoms with Crippen LogP contribution in [0, 0.1) is 0 Å². The fraction of sp³-hybridized carbons (Fsp3) is 0.471. The van der Waals surface area contributed by atoms with Crippen LogP contribution in [0.2, 0.25) is 0 Å². The number of aromatic nitrogens is 4. The van der Waals surface area contributed by atoms with Gasteiger partial charge in [0.2, 0.25) is 0 Å². The first kappa shape index (κ1) is 16.4. The molecule has 0 aliphatic carbocycles. The van der Waals surface area contributed by atoms with Gasteiger partial charge in [0, 0.05) is 32.7 Å². The van der Waals surface area contributed by atoms with Crippen LogP contribution in [-0.2, 0) is 13.1 Å². The number of piperazine rings is 1. The van der Waals surface area contributed by atoms with Gasteiger partial charge in [-0.1, -0.05) is 11.3 Å². The molecule has 0 atom stereocenters. The Kier molecular flexibility index (Phi) is 5.43. The molecule has 0 radical (unpaired) electrons. The molecule has 2 aromatic heterocycles. The maximum Gasteiger partial charge on any atom is 0.126 e. The standard InChI is InChI=1S/C17H25N7/c1-3-4-7-24-14-15(20-21-24)12-18-17-6-5-16(13-19-17)23-10-8-22(2)9-11-23/h3,5-6,13-14H,1,4,7-12H2,2H3,(H,18,19). The smallest absolute Gasteiger partial charge is 0.126 e. The highest BCUT2D eigenvalue weighted by atomic mass is 15.4. The molecule has 0 aromatic carbocycles. The summed E-state index contributed by atoms with van der Waals surface area (Å²) in [5.74, 6) is 0.855. The van der Waals surface area contributed by atoms with Crippen LogP contribution in [0.3, 0.4) is 0 Å². The second kappa shape index (κ2) is 7.92. The predicted molar refractivity (Wildman–Crippen MR) is 96.1 cm³/mol. The second-order valence-electron chi connectivity index (χ2n) is 6.10. The SMILES string of the molecule is C=CCCn1cc(CNc2ccc(N3CCN(C)CC3)cn2)nn1. The molecule has 0 spiro atoms. The van der Waals surface area contributed by atoms with Crippen molar-refractivity contribution in [2.24, 2.45) is 0 Å². The average Bonchev–Trinajstić information content (AvgIpc) is 3.07. The number of allylic oxidation sites excluding steroid dienone is 1. The van der Waals surface area contributed by atoms with Crippen LogP contribution in [0.25, 0.3) is 0 Å². The van der Waals surface area contributed by atoms with Gasteiger partial charge in [0.25, 0.3) is 0 Å². The third-order valence-corrected chi connectivity index (χ3v) is 4.22. The van der Waals surface area contributed by atoms with Crippen LogP contribution in [-0.4, -0.2) is 58.1 Å². The number of hydrogen-bond acceptors (Lipinski definition) is 6. The summed E-state index contributed by atoms with van der Waals surface area (Å²) in [6.07, 6.45) is 6.67. The molecule has 0 saturated carbocycles. The van der Waals surface area contributed by atoms with E-state index in [4.69, 9.17) is 0 Å². The lowest BCUT2D eigenvalue weighted by atomic mass is 10.3. The molecule has 3 rings (SSSR count). The molecular weight excluding hydrogens is 302 g/mol. The highest BCUT2D eigenvalue weighted by Gasteiger charge is 2.14. The van der Waals surface area contributed by atoms with Crippen LogP contribution < -0.4 is 10.2 Å². The first-order valence-corrected chi connectivity index (χ1v) is 8.38. The topological polar surface area (TPSA) is 62.1 Å². The fourth-order valence-electron chi connectivity index (χ4n) is 2.68. The number of nitrogens with one attached hydrogen (secondary N) is 1. The zero-order chi connectivity index (χ0) is 16.8. The molecule has 0 amide bonds. The van der Waals surface area contributed by atoms with E-state index in [-0.39, 0.29) is 0 Å². The molecule has 7 nitrogen and oxygen atoms in total. The van der Waals surface area contributed by atoms with Gasteiger partial charge in [-0.2, -0.15) is 0 Å². The normalized spacial score (nSPS) is 15.5. The molecule has 1 fully saturated rings. The van der Waals surface area contributed by atoms with E-state index in [1.54, 1.807) is 0 Å². The molecule has 7 heteroatoms. The quantitative estimate of drug-likeness (QED) is 0.780. The van der Waals surface area contributed by atoms with Gasteiger partial charge >= 0.3 is 0 Å². The van der Waals surface area contributed by atoms with E-state index >= 15 is 0 Å². The van der Waals surface area contributed by atoms with Crippen molar-refractivity contribution in [3.8, 4) is 0 Å². The summed E-state index contributed by atoms with van der Waals surface area (Å²) >= 11 is 0. The van der Waals surface area contributed by atoms with Gasteiger partial charge in [-0.25, -0.2) is 4.98 Å². The molecule has 1 aliphatic heterocycles. The monoisotopic (exact) mass is 327 g/mol. The van der Waals surface area contributed by atoms with Crippen molar-refractivity contribution < 1.29 is 0 Å². The Morgan fingerprint density at radius 1 is 1.25 bits per heavy atom. The van der Waals surface area contributed by atoms with E-state index in [2.05, 4.69) is 50.1 Å². The summed E-state index contributed by atoms with van der Waals surface area (Å²) in [7, 11) is 2.16. The summed E-state index contributed by atoms with van der Waals surface area (Å²) in [4.78, 5) is 9.24. The summed E-state index contributed by atoms with van der Waals surface area (Å²) in [5.41, 5.74) is 2.09. The zero-order valence-corrected chi connectivity index (χ0v) is 14.2. The molecule has 3 heterocycles. The van der Waals surface area contributed by atoms with Crippen molar-refractivity contribution in [2.75, 3.05) is 43.4 Å². The Labute approximate surface area is 143 Å². The van der Waals surface area contributed by atoms with Gasteiger partial charge < -0.3 is 15.1 Å². The van der Waals surface area contributed by atoms with Crippen molar-refractivity contribution >= 4 is 11.5 Å². The highest BCUT2D eigenvalue weighted by Crippen LogP contribution is 2.17. The van der Waals surface area contributed by atoms with Gasteiger partial charge in [0.05, 0.1) is 24.6 Å². The molecule has 0 unspecified atom stereocenters. The minimum atomic E-state index is 0.620. The maximum absolute atomic E-state index is 4.51. The van der Waals surface area contributed by atoms with Gasteiger partial charge in [-0.3, -0.25) is 4.68 Å². The Bertz CT molecular complexity index is 641. The molecule has 1 aliphatic rings. The zero-order valence-electron chi connectivity index (χ0n) is 14.2. The minimum absolute atomic E-state index is 0.620. The molecule has 0 bridgehead atoms. The van der Waals surface area contributed by atoms with Crippen molar-refractivity contribution in [3.63, 3.8) is 0 Å². The number of pyridine rings is 1. The van der Waals surface area contributed by atoms with Gasteiger partial charge in [0.1, 0.15) is 11.5 Å². The van der Waals surface area contributed by atoms with Gasteiger partial charge in [-0.15, -0.1) is 11.7 Å². The highest BCUT2D eigenvalue weighted by molar-refractivity contribution is 5.49. The molecule has 1 saturated heterocycles. The predicted octanol–water partition coefficient (Wildman–Crippen LogP) is 1.61. The van der Waals surface area contributed by atoms with E-state index in [9.17, 15) is 0 Å². The van der Waals surface area contributed by atoms with E-state index in [0.717, 1.165) is 50.7 Å². The summed E-state index contributed by atoms with van der Waals surface area (Å²) < 4.78 is 1.84. The molecule has 128 valence electrons. The molecular formula is C17H25N7. The first-order valence-electron chi connectivity index (χ1n) is 8.38. The van der Waals surface area contributed by atoms with Crippen LogP contribution in [0.4, 0.5) is 11.5 Å². The lowest BCUT2D eigenvalue weighted by Gasteiger charge is -2.33. The number of rotatable bonds is 7. The van der Waals surface area contributed by atoms with E-state index < -0.39 is 0 Å². The number of nitrogens with zero attached hydrogens (tertiary/aromatic N) is 6. The fourth-order valence-corrected chi connectivity index (χ4v) is 2.68. The van der Waals surface area contributed by atoms with Crippen molar-refractivity contribution in [3.05, 3.63) is 42.9 Å². The second-order valence-corrected chi connectivity index (χ2v) is 6.10. The minimum Gasteiger partial charge on any atom is -0.368 e. The average molecular weight is 327 g/mol. The lowest BCUT2D eigenvalue weighted by Crippen LogP contribution is -2.44. The number of anilines is 2. The third-order valence-electron chi connectivity index (χ3n) is 4.22. The van der Waals surface area contributed by atoms with Crippen molar-refractivity contribution in [1.29, 1.82) is 0 Å². The lowest BCUT2D eigenvalue weighted by molar-refractivity contribution is 0.313. The number of aryl methyl sites for hydroxylation is 1. The van der Waals surface area contributed by atoms with Crippen LogP contribution >= 0.6 is 0 Å². The Morgan fingerprint density at radius 3 is 2.79 bits per heavy atom. The van der Waals surface area contributed by atoms with E-state index in [1.165, 1.54) is 5.69 Å². The summed E-state index contributed by atoms with van der Waals surface area (Å²) in [5, 5.41) is 11.5.